The van der Waals surface area contributed by atoms with E-state index in [0.29, 0.717) is 29.3 Å². The summed E-state index contributed by atoms with van der Waals surface area (Å²) in [5, 5.41) is 28.5. The summed E-state index contributed by atoms with van der Waals surface area (Å²) in [6.45, 7) is 14.4. The van der Waals surface area contributed by atoms with Gasteiger partial charge in [0.2, 0.25) is 11.8 Å². The summed E-state index contributed by atoms with van der Waals surface area (Å²) in [7, 11) is 3.71. The summed E-state index contributed by atoms with van der Waals surface area (Å²) in [6, 6.07) is 4.75. The summed E-state index contributed by atoms with van der Waals surface area (Å²) >= 11 is 0. The number of hydrogen-bond acceptors (Lipinski definition) is 17. The molecule has 2 aromatic heterocycles. The first-order chi connectivity index (χ1) is 28.7. The topological polar surface area (TPSA) is 240 Å². The van der Waals surface area contributed by atoms with E-state index < -0.39 is 83.2 Å². The molecule has 0 saturated carbocycles. The van der Waals surface area contributed by atoms with E-state index >= 15 is 0 Å². The Labute approximate surface area is 357 Å². The number of oxime groups is 1. The molecule has 338 valence electrons. The summed E-state index contributed by atoms with van der Waals surface area (Å²) in [4.78, 5) is 62.1. The van der Waals surface area contributed by atoms with Crippen molar-refractivity contribution in [2.24, 2.45) is 33.8 Å². The Kier molecular flexibility index (Phi) is 15.6. The molecule has 13 atom stereocenters. The highest BCUT2D eigenvalue weighted by atomic mass is 16.7. The number of aliphatic imine (C=N–C) groups is 1. The van der Waals surface area contributed by atoms with E-state index in [-0.39, 0.29) is 56.4 Å². The highest BCUT2D eigenvalue weighted by molar-refractivity contribution is 6.00. The quantitative estimate of drug-likeness (QED) is 0.195. The van der Waals surface area contributed by atoms with Gasteiger partial charge in [0, 0.05) is 30.5 Å². The normalized spacial score (nSPS) is 37.2. The molecule has 4 N–H and O–H groups in total. The number of pyridine rings is 1. The standard InChI is InChI=1S/C43H64N6O12/c1-12-32-43(9,54)38-24(4)34(45-27(7)50)22(2)17-42(8,57-20-29(19-55-38)48-58-21-28-18-56-39(46-28)30-14-13-15-33(44)47-30)37(25(5)35(51)26(6)40(53)60-32)61-41-36(52)31(49(10)11)16-23(3)59-41/h13-15,18,22-26,31-32,36-38,41,52,54H,12,16-17,19-21H2,1-11H3,(H2,44,47)/b45-34?,48-29+/t22-,23-,24+,25+,26-,31+,32-,36-,37-,38+,41+,42-,43-/m1/s1. The van der Waals surface area contributed by atoms with Crippen molar-refractivity contribution in [1.29, 1.82) is 0 Å². The Morgan fingerprint density at radius 3 is 2.46 bits per heavy atom. The van der Waals surface area contributed by atoms with Crippen molar-refractivity contribution >= 4 is 34.9 Å². The van der Waals surface area contributed by atoms with E-state index in [0.717, 1.165) is 0 Å². The zero-order valence-electron chi connectivity index (χ0n) is 37.2. The second kappa shape index (κ2) is 19.9. The predicted molar refractivity (Wildman–Crippen MR) is 223 cm³/mol. The van der Waals surface area contributed by atoms with E-state index in [1.54, 1.807) is 45.9 Å². The van der Waals surface area contributed by atoms with Crippen LogP contribution in [-0.2, 0) is 49.5 Å². The number of ketones is 1. The van der Waals surface area contributed by atoms with Gasteiger partial charge in [-0.1, -0.05) is 38.9 Å². The van der Waals surface area contributed by atoms with Crippen LogP contribution >= 0.6 is 0 Å². The third-order valence-corrected chi connectivity index (χ3v) is 12.1. The van der Waals surface area contributed by atoms with Crippen molar-refractivity contribution in [2.75, 3.05) is 33.0 Å². The zero-order chi connectivity index (χ0) is 45.0. The minimum absolute atomic E-state index is 0.111. The van der Waals surface area contributed by atoms with Crippen LogP contribution in [0.15, 0.2) is 39.0 Å². The van der Waals surface area contributed by atoms with Crippen molar-refractivity contribution < 1.29 is 57.5 Å². The van der Waals surface area contributed by atoms with Crippen molar-refractivity contribution in [3.63, 3.8) is 0 Å². The van der Waals surface area contributed by atoms with E-state index in [9.17, 15) is 24.6 Å². The minimum Gasteiger partial charge on any atom is -0.459 e. The number of likely N-dealkylation sites (N-methyl/N-ethyl adjacent to an activating group) is 1. The summed E-state index contributed by atoms with van der Waals surface area (Å²) < 4.78 is 38.0. The maximum absolute atomic E-state index is 14.5. The van der Waals surface area contributed by atoms with Gasteiger partial charge in [-0.2, -0.15) is 0 Å². The van der Waals surface area contributed by atoms with Gasteiger partial charge in [-0.3, -0.25) is 14.4 Å². The molecule has 0 spiro atoms. The average molecular weight is 857 g/mol. The van der Waals surface area contributed by atoms with Gasteiger partial charge >= 0.3 is 5.97 Å². The number of nitrogens with two attached hydrogens (primary N) is 1. The van der Waals surface area contributed by atoms with Crippen LogP contribution < -0.4 is 5.73 Å². The Bertz CT molecular complexity index is 1920. The lowest BCUT2D eigenvalue weighted by molar-refractivity contribution is -0.296. The lowest BCUT2D eigenvalue weighted by Crippen LogP contribution is -2.60. The average Bonchev–Trinajstić information content (AvgIpc) is 3.67. The van der Waals surface area contributed by atoms with Gasteiger partial charge in [-0.15, -0.1) is 0 Å². The van der Waals surface area contributed by atoms with E-state index in [2.05, 4.69) is 20.1 Å². The largest absolute Gasteiger partial charge is 0.459 e. The number of cyclic esters (lactones) is 1. The number of nitrogen functional groups attached to an aromatic ring is 1. The first-order valence-corrected chi connectivity index (χ1v) is 21.0. The first-order valence-electron chi connectivity index (χ1n) is 21.0. The van der Waals surface area contributed by atoms with Gasteiger partial charge < -0.3 is 53.8 Å². The molecule has 18 heteroatoms. The second-order valence-corrected chi connectivity index (χ2v) is 17.4. The molecule has 3 saturated heterocycles. The van der Waals surface area contributed by atoms with Crippen molar-refractivity contribution in [3.05, 3.63) is 30.2 Å². The number of aliphatic hydroxyl groups excluding tert-OH is 1. The number of aliphatic hydroxyl groups is 2. The number of hydrogen-bond donors (Lipinski definition) is 3. The fraction of sp³-hybridized carbons (Fsp3) is 0.698. The van der Waals surface area contributed by atoms with Crippen LogP contribution in [0.25, 0.3) is 11.6 Å². The van der Waals surface area contributed by atoms with Crippen LogP contribution in [0.1, 0.15) is 87.3 Å². The molecule has 5 rings (SSSR count). The fourth-order valence-corrected chi connectivity index (χ4v) is 8.86. The Hall–Kier alpha value is -4.17. The maximum atomic E-state index is 14.5. The fourth-order valence-electron chi connectivity index (χ4n) is 8.86. The Morgan fingerprint density at radius 1 is 1.08 bits per heavy atom. The van der Waals surface area contributed by atoms with E-state index in [1.165, 1.54) is 27.0 Å². The lowest BCUT2D eigenvalue weighted by atomic mass is 9.73. The molecule has 3 fully saturated rings. The Balaban J connectivity index is 1.63. The molecule has 18 nitrogen and oxygen atoms in total. The van der Waals surface area contributed by atoms with Crippen LogP contribution in [-0.4, -0.2) is 136 Å². The SMILES string of the molecule is CC[C@H]1OC(=O)[C@H](C)C(=O)[C@H](C)[C@@H](O[C@@H]2O[C@H](C)C[C@H](N(C)C)[C@H]2O)[C@@]2(C)C[C@@H](C)C(=NC(C)=O)[C@H](C)[C@H](OC/C(=N\OCc3coc(-c4cccc(N)n4)n3)CO2)[C@]1(C)O. The number of fused-ring (bicyclic) bond motifs is 5. The third kappa shape index (κ3) is 11.1. The molecule has 0 aliphatic carbocycles. The zero-order valence-corrected chi connectivity index (χ0v) is 37.2. The van der Waals surface area contributed by atoms with Crippen molar-refractivity contribution in [2.45, 2.75) is 142 Å². The molecule has 2 bridgehead atoms. The number of nitrogens with zero attached hydrogens (tertiary/aromatic N) is 5. The van der Waals surface area contributed by atoms with Crippen molar-refractivity contribution in [3.8, 4) is 11.6 Å². The molecule has 0 unspecified atom stereocenters. The monoisotopic (exact) mass is 856 g/mol. The number of anilines is 1. The molecule has 3 aliphatic rings. The minimum atomic E-state index is -1.88. The molecule has 0 aromatic carbocycles. The number of amides is 1. The van der Waals surface area contributed by atoms with Gasteiger partial charge in [-0.05, 0) is 79.1 Å². The molecule has 61 heavy (non-hydrogen) atoms. The van der Waals surface area contributed by atoms with Crippen LogP contribution in [0.2, 0.25) is 0 Å². The van der Waals surface area contributed by atoms with Crippen LogP contribution in [0.5, 0.6) is 0 Å². The molecular weight excluding hydrogens is 793 g/mol. The molecular formula is C43H64N6O12. The van der Waals surface area contributed by atoms with Crippen LogP contribution in [0.4, 0.5) is 5.82 Å². The number of carbonyl (C=O) groups is 3. The maximum Gasteiger partial charge on any atom is 0.316 e. The van der Waals surface area contributed by atoms with E-state index in [1.807, 2.05) is 32.8 Å². The highest BCUT2D eigenvalue weighted by Crippen LogP contribution is 2.40. The van der Waals surface area contributed by atoms with Gasteiger partial charge in [0.05, 0.1) is 37.1 Å². The van der Waals surface area contributed by atoms with Gasteiger partial charge in [0.1, 0.15) is 52.9 Å². The third-order valence-electron chi connectivity index (χ3n) is 12.1. The van der Waals surface area contributed by atoms with Crippen molar-refractivity contribution in [1.82, 2.24) is 14.9 Å². The van der Waals surface area contributed by atoms with E-state index in [4.69, 9.17) is 38.7 Å². The summed E-state index contributed by atoms with van der Waals surface area (Å²) in [5.41, 5.74) is 4.00. The number of carbonyl (C=O) groups excluding carboxylic acids is 3. The number of aromatic nitrogens is 2. The molecule has 3 aliphatic heterocycles. The second-order valence-electron chi connectivity index (χ2n) is 17.4. The van der Waals surface area contributed by atoms with Gasteiger partial charge in [-0.25, -0.2) is 15.0 Å². The molecule has 0 radical (unpaired) electrons. The number of Topliss-reactive ketones (excluding diaryl/α,β-unsaturated/α-hetero) is 1. The number of esters is 1. The van der Waals surface area contributed by atoms with Gasteiger partial charge in [0.25, 0.3) is 0 Å². The summed E-state index contributed by atoms with van der Waals surface area (Å²) in [6.07, 6.45) is -3.90. The molecule has 5 heterocycles. The smallest absolute Gasteiger partial charge is 0.316 e. The Morgan fingerprint density at radius 2 is 1.80 bits per heavy atom. The van der Waals surface area contributed by atoms with Crippen LogP contribution in [0.3, 0.4) is 0 Å². The van der Waals surface area contributed by atoms with Crippen LogP contribution in [0, 0.1) is 23.7 Å². The predicted octanol–water partition coefficient (Wildman–Crippen LogP) is 3.75. The summed E-state index contributed by atoms with van der Waals surface area (Å²) in [5.74, 6) is -4.92. The molecule has 1 amide bonds. The molecule has 2 aromatic rings. The number of rotatable bonds is 8. The highest BCUT2D eigenvalue weighted by Gasteiger charge is 2.53. The first kappa shape index (κ1) is 47.9. The lowest BCUT2D eigenvalue weighted by Gasteiger charge is -2.47. The number of oxazole rings is 1. The van der Waals surface area contributed by atoms with Gasteiger partial charge in [0.15, 0.2) is 18.7 Å². The number of ether oxygens (including phenoxy) is 5.